The first-order valence-corrected chi connectivity index (χ1v) is 7.38. The van der Waals surface area contributed by atoms with Gasteiger partial charge in [-0.2, -0.15) is 0 Å². The number of nitrogens with zero attached hydrogens (tertiary/aromatic N) is 2. The van der Waals surface area contributed by atoms with Crippen LogP contribution in [0.3, 0.4) is 0 Å². The van der Waals surface area contributed by atoms with Crippen molar-refractivity contribution in [3.05, 3.63) is 35.4 Å². The molecule has 19 heavy (non-hydrogen) atoms. The van der Waals surface area contributed by atoms with E-state index >= 15 is 0 Å². The van der Waals surface area contributed by atoms with E-state index in [0.29, 0.717) is 0 Å². The second-order valence-electron chi connectivity index (χ2n) is 5.17. The molecule has 1 saturated heterocycles. The molecule has 1 heterocycles. The van der Waals surface area contributed by atoms with Crippen LogP contribution in [-0.2, 0) is 6.42 Å². The fourth-order valence-electron chi connectivity index (χ4n) is 2.40. The highest BCUT2D eigenvalue weighted by molar-refractivity contribution is 5.80. The van der Waals surface area contributed by atoms with Gasteiger partial charge in [0.2, 0.25) is 0 Å². The number of guanidine groups is 1. The van der Waals surface area contributed by atoms with Gasteiger partial charge in [0, 0.05) is 26.2 Å². The van der Waals surface area contributed by atoms with Gasteiger partial charge >= 0.3 is 0 Å². The summed E-state index contributed by atoms with van der Waals surface area (Å²) in [6, 6.07) is 8.75. The van der Waals surface area contributed by atoms with E-state index in [1.165, 1.54) is 24.0 Å². The molecule has 0 spiro atoms. The second-order valence-corrected chi connectivity index (χ2v) is 5.17. The van der Waals surface area contributed by atoms with E-state index in [2.05, 4.69) is 48.3 Å². The highest BCUT2D eigenvalue weighted by Crippen LogP contribution is 2.08. The summed E-state index contributed by atoms with van der Waals surface area (Å²) in [5.41, 5.74) is 2.68. The lowest BCUT2D eigenvalue weighted by molar-refractivity contribution is 0.494. The molecule has 1 aromatic carbocycles. The molecule has 0 saturated carbocycles. The summed E-state index contributed by atoms with van der Waals surface area (Å²) in [5, 5.41) is 3.40. The van der Waals surface area contributed by atoms with E-state index < -0.39 is 0 Å². The average molecular weight is 259 g/mol. The van der Waals surface area contributed by atoms with Gasteiger partial charge in [0.15, 0.2) is 5.96 Å². The molecule has 0 amide bonds. The smallest absolute Gasteiger partial charge is 0.193 e. The van der Waals surface area contributed by atoms with Crippen LogP contribution in [0.25, 0.3) is 0 Å². The molecule has 3 heteroatoms. The molecular formula is C16H25N3. The Morgan fingerprint density at radius 3 is 2.53 bits per heavy atom. The summed E-state index contributed by atoms with van der Waals surface area (Å²) in [7, 11) is 0. The Kier molecular flexibility index (Phi) is 5.25. The maximum absolute atomic E-state index is 4.74. The van der Waals surface area contributed by atoms with Crippen molar-refractivity contribution in [1.29, 1.82) is 0 Å². The quantitative estimate of drug-likeness (QED) is 0.665. The van der Waals surface area contributed by atoms with Crippen LogP contribution in [0.2, 0.25) is 0 Å². The summed E-state index contributed by atoms with van der Waals surface area (Å²) < 4.78 is 0. The minimum Gasteiger partial charge on any atom is -0.357 e. The summed E-state index contributed by atoms with van der Waals surface area (Å²) in [4.78, 5) is 7.12. The molecule has 2 rings (SSSR count). The maximum Gasteiger partial charge on any atom is 0.193 e. The maximum atomic E-state index is 4.74. The minimum absolute atomic E-state index is 0.863. The Morgan fingerprint density at radius 1 is 1.21 bits per heavy atom. The van der Waals surface area contributed by atoms with Crippen LogP contribution < -0.4 is 5.32 Å². The lowest BCUT2D eigenvalue weighted by Crippen LogP contribution is -2.39. The van der Waals surface area contributed by atoms with Gasteiger partial charge in [-0.3, -0.25) is 4.99 Å². The van der Waals surface area contributed by atoms with Crippen molar-refractivity contribution in [2.24, 2.45) is 4.99 Å². The van der Waals surface area contributed by atoms with Crippen LogP contribution in [-0.4, -0.2) is 37.0 Å². The first kappa shape index (κ1) is 13.9. The first-order chi connectivity index (χ1) is 9.29. The fraction of sp³-hybridized carbons (Fsp3) is 0.562. The molecule has 0 radical (unpaired) electrons. The molecule has 0 aromatic heterocycles. The second kappa shape index (κ2) is 7.17. The monoisotopic (exact) mass is 259 g/mol. The molecule has 1 aliphatic rings. The third kappa shape index (κ3) is 4.27. The van der Waals surface area contributed by atoms with Crippen molar-refractivity contribution in [3.63, 3.8) is 0 Å². The fourth-order valence-corrected chi connectivity index (χ4v) is 2.40. The third-order valence-electron chi connectivity index (χ3n) is 3.52. The van der Waals surface area contributed by atoms with E-state index in [-0.39, 0.29) is 0 Å². The molecule has 1 aromatic rings. The van der Waals surface area contributed by atoms with Gasteiger partial charge in [-0.15, -0.1) is 0 Å². The number of likely N-dealkylation sites (tertiary alicyclic amines) is 1. The molecule has 0 atom stereocenters. The third-order valence-corrected chi connectivity index (χ3v) is 3.52. The number of rotatable bonds is 4. The molecule has 3 nitrogen and oxygen atoms in total. The van der Waals surface area contributed by atoms with Crippen LogP contribution in [0.15, 0.2) is 29.3 Å². The Balaban J connectivity index is 1.88. The van der Waals surface area contributed by atoms with E-state index in [0.717, 1.165) is 38.6 Å². The number of aryl methyl sites for hydroxylation is 1. The molecule has 1 N–H and O–H groups in total. The van der Waals surface area contributed by atoms with Crippen molar-refractivity contribution < 1.29 is 0 Å². The summed E-state index contributed by atoms with van der Waals surface area (Å²) in [6.07, 6.45) is 3.60. The number of hydrogen-bond acceptors (Lipinski definition) is 1. The van der Waals surface area contributed by atoms with Gasteiger partial charge in [-0.25, -0.2) is 0 Å². The zero-order valence-corrected chi connectivity index (χ0v) is 12.2. The van der Waals surface area contributed by atoms with Gasteiger partial charge in [-0.1, -0.05) is 29.8 Å². The predicted molar refractivity (Wildman–Crippen MR) is 81.7 cm³/mol. The Morgan fingerprint density at radius 2 is 1.89 bits per heavy atom. The lowest BCUT2D eigenvalue weighted by Gasteiger charge is -2.20. The topological polar surface area (TPSA) is 27.6 Å². The van der Waals surface area contributed by atoms with Gasteiger partial charge in [-0.05, 0) is 38.7 Å². The average Bonchev–Trinajstić information content (AvgIpc) is 2.94. The highest BCUT2D eigenvalue weighted by Gasteiger charge is 2.14. The van der Waals surface area contributed by atoms with Crippen molar-refractivity contribution in [2.45, 2.75) is 33.1 Å². The number of nitrogens with one attached hydrogen (secondary N) is 1. The number of hydrogen-bond donors (Lipinski definition) is 1. The van der Waals surface area contributed by atoms with Crippen LogP contribution in [0.5, 0.6) is 0 Å². The molecule has 1 aliphatic heterocycles. The summed E-state index contributed by atoms with van der Waals surface area (Å²) in [6.45, 7) is 8.36. The van der Waals surface area contributed by atoms with Crippen LogP contribution in [0, 0.1) is 6.92 Å². The van der Waals surface area contributed by atoms with Crippen molar-refractivity contribution in [1.82, 2.24) is 10.2 Å². The minimum atomic E-state index is 0.863. The zero-order valence-electron chi connectivity index (χ0n) is 12.2. The van der Waals surface area contributed by atoms with Gasteiger partial charge in [0.05, 0.1) is 0 Å². The normalized spacial score (nSPS) is 15.9. The Bertz CT molecular complexity index is 403. The van der Waals surface area contributed by atoms with E-state index in [9.17, 15) is 0 Å². The molecular weight excluding hydrogens is 234 g/mol. The number of aliphatic imine (C=N–C) groups is 1. The lowest BCUT2D eigenvalue weighted by atomic mass is 10.1. The summed E-state index contributed by atoms with van der Waals surface area (Å²) in [5.74, 6) is 1.09. The van der Waals surface area contributed by atoms with E-state index in [4.69, 9.17) is 4.99 Å². The molecule has 1 fully saturated rings. The predicted octanol–water partition coefficient (Wildman–Crippen LogP) is 2.60. The van der Waals surface area contributed by atoms with Crippen LogP contribution in [0.4, 0.5) is 0 Å². The van der Waals surface area contributed by atoms with Gasteiger partial charge in [0.25, 0.3) is 0 Å². The Labute approximate surface area is 116 Å². The molecule has 104 valence electrons. The standard InChI is InChI=1S/C16H25N3/c1-3-17-16(19-12-4-5-13-19)18-11-10-15-8-6-14(2)7-9-15/h6-9H,3-5,10-13H2,1-2H3,(H,17,18). The zero-order chi connectivity index (χ0) is 13.5. The van der Waals surface area contributed by atoms with E-state index in [1.54, 1.807) is 0 Å². The first-order valence-electron chi connectivity index (χ1n) is 7.38. The highest BCUT2D eigenvalue weighted by atomic mass is 15.3. The van der Waals surface area contributed by atoms with Gasteiger partial charge < -0.3 is 10.2 Å². The van der Waals surface area contributed by atoms with Crippen molar-refractivity contribution in [3.8, 4) is 0 Å². The summed E-state index contributed by atoms with van der Waals surface area (Å²) >= 11 is 0. The van der Waals surface area contributed by atoms with Crippen LogP contribution in [0.1, 0.15) is 30.9 Å². The van der Waals surface area contributed by atoms with Crippen molar-refractivity contribution in [2.75, 3.05) is 26.2 Å². The number of benzene rings is 1. The van der Waals surface area contributed by atoms with Gasteiger partial charge in [0.1, 0.15) is 0 Å². The largest absolute Gasteiger partial charge is 0.357 e. The molecule has 0 aliphatic carbocycles. The SMILES string of the molecule is CCNC(=NCCc1ccc(C)cc1)N1CCCC1. The molecule has 0 unspecified atom stereocenters. The van der Waals surface area contributed by atoms with Crippen LogP contribution >= 0.6 is 0 Å². The van der Waals surface area contributed by atoms with E-state index in [1.807, 2.05) is 0 Å². The Hall–Kier alpha value is -1.51. The molecule has 0 bridgehead atoms. The van der Waals surface area contributed by atoms with Crippen molar-refractivity contribution >= 4 is 5.96 Å².